The molecule has 2 aromatic carbocycles. The molecule has 0 saturated heterocycles. The zero-order chi connectivity index (χ0) is 21.5. The molecule has 1 N–H and O–H groups in total. The van der Waals surface area contributed by atoms with Gasteiger partial charge in [-0.1, -0.05) is 35.1 Å². The molecule has 9 heteroatoms. The van der Waals surface area contributed by atoms with Crippen molar-refractivity contribution in [2.24, 2.45) is 0 Å². The van der Waals surface area contributed by atoms with Crippen molar-refractivity contribution in [3.8, 4) is 21.9 Å². The van der Waals surface area contributed by atoms with Gasteiger partial charge in [0, 0.05) is 21.8 Å². The van der Waals surface area contributed by atoms with Gasteiger partial charge in [0.2, 0.25) is 4.96 Å². The maximum absolute atomic E-state index is 12.7. The van der Waals surface area contributed by atoms with E-state index in [9.17, 15) is 4.79 Å². The lowest BCUT2D eigenvalue weighted by molar-refractivity contribution is 0.0997. The summed E-state index contributed by atoms with van der Waals surface area (Å²) in [6, 6.07) is 16.5. The largest absolute Gasteiger partial charge is 0.451 e. The van der Waals surface area contributed by atoms with Crippen LogP contribution in [0.15, 0.2) is 59.0 Å². The van der Waals surface area contributed by atoms with Crippen LogP contribution in [0.2, 0.25) is 5.02 Å². The van der Waals surface area contributed by atoms with Crippen molar-refractivity contribution in [2.75, 3.05) is 5.32 Å². The second-order valence-corrected chi connectivity index (χ2v) is 8.40. The molecule has 154 valence electrons. The highest BCUT2D eigenvalue weighted by Crippen LogP contribution is 2.29. The molecule has 7 nitrogen and oxygen atoms in total. The maximum Gasteiger partial charge on any atom is 0.291 e. The minimum atomic E-state index is -0.321. The van der Waals surface area contributed by atoms with E-state index in [2.05, 4.69) is 20.6 Å². The summed E-state index contributed by atoms with van der Waals surface area (Å²) in [5.74, 6) is 1.23. The predicted molar refractivity (Wildman–Crippen MR) is 121 cm³/mol. The number of benzene rings is 2. The number of nitrogens with zero attached hydrogens (tertiary/aromatic N) is 4. The number of fused-ring (bicyclic) bond motifs is 1. The van der Waals surface area contributed by atoms with E-state index in [4.69, 9.17) is 16.0 Å². The Hall–Kier alpha value is -3.49. The van der Waals surface area contributed by atoms with Crippen LogP contribution in [0.25, 0.3) is 26.9 Å². The standard InChI is InChI=1S/C22H16ClN5O2S/c1-12-10-15(21-27-28-13(2)25-26-22(28)31-21)6-7-17(12)24-20(29)19-9-8-18(30-19)14-4-3-5-16(23)11-14/h3-11H,1-2H3,(H,24,29). The summed E-state index contributed by atoms with van der Waals surface area (Å²) in [6.07, 6.45) is 0. The van der Waals surface area contributed by atoms with Gasteiger partial charge in [0.25, 0.3) is 5.91 Å². The van der Waals surface area contributed by atoms with Gasteiger partial charge >= 0.3 is 0 Å². The minimum absolute atomic E-state index is 0.225. The van der Waals surface area contributed by atoms with Crippen LogP contribution in [0.3, 0.4) is 0 Å². The van der Waals surface area contributed by atoms with Crippen LogP contribution in [-0.4, -0.2) is 25.7 Å². The van der Waals surface area contributed by atoms with Crippen LogP contribution in [0, 0.1) is 13.8 Å². The Morgan fingerprint density at radius 3 is 2.71 bits per heavy atom. The van der Waals surface area contributed by atoms with Gasteiger partial charge in [-0.3, -0.25) is 4.79 Å². The lowest BCUT2D eigenvalue weighted by Crippen LogP contribution is -2.11. The highest BCUT2D eigenvalue weighted by molar-refractivity contribution is 7.19. The summed E-state index contributed by atoms with van der Waals surface area (Å²) in [6.45, 7) is 3.80. The Labute approximate surface area is 186 Å². The molecule has 0 fully saturated rings. The Morgan fingerprint density at radius 2 is 1.94 bits per heavy atom. The number of halogens is 1. The fraction of sp³-hybridized carbons (Fsp3) is 0.0909. The van der Waals surface area contributed by atoms with E-state index in [0.29, 0.717) is 16.5 Å². The van der Waals surface area contributed by atoms with Gasteiger partial charge in [0.05, 0.1) is 0 Å². The first-order chi connectivity index (χ1) is 15.0. The Morgan fingerprint density at radius 1 is 1.06 bits per heavy atom. The first kappa shape index (κ1) is 19.5. The summed E-state index contributed by atoms with van der Waals surface area (Å²) in [4.78, 5) is 13.4. The number of furan rings is 1. The van der Waals surface area contributed by atoms with Crippen LogP contribution < -0.4 is 5.32 Å². The van der Waals surface area contributed by atoms with Gasteiger partial charge in [0.15, 0.2) is 11.6 Å². The summed E-state index contributed by atoms with van der Waals surface area (Å²) >= 11 is 7.50. The Kier molecular flexibility index (Phi) is 4.80. The molecular weight excluding hydrogens is 434 g/mol. The quantitative estimate of drug-likeness (QED) is 0.384. The van der Waals surface area contributed by atoms with Crippen LogP contribution in [0.5, 0.6) is 0 Å². The summed E-state index contributed by atoms with van der Waals surface area (Å²) in [5.41, 5.74) is 3.38. The fourth-order valence-corrected chi connectivity index (χ4v) is 4.28. The molecule has 0 bridgehead atoms. The van der Waals surface area contributed by atoms with Crippen molar-refractivity contribution in [3.63, 3.8) is 0 Å². The van der Waals surface area contributed by atoms with Crippen molar-refractivity contribution in [3.05, 3.63) is 76.8 Å². The maximum atomic E-state index is 12.7. The molecule has 0 aliphatic carbocycles. The third-order valence-electron chi connectivity index (χ3n) is 4.81. The average Bonchev–Trinajstić information content (AvgIpc) is 3.47. The van der Waals surface area contributed by atoms with Crippen LogP contribution >= 0.6 is 22.9 Å². The molecule has 31 heavy (non-hydrogen) atoms. The number of amides is 1. The molecule has 1 amide bonds. The van der Waals surface area contributed by atoms with E-state index >= 15 is 0 Å². The summed E-state index contributed by atoms with van der Waals surface area (Å²) < 4.78 is 7.45. The van der Waals surface area contributed by atoms with Gasteiger partial charge in [0.1, 0.15) is 10.8 Å². The molecule has 0 spiro atoms. The number of hydrogen-bond donors (Lipinski definition) is 1. The molecule has 3 heterocycles. The summed E-state index contributed by atoms with van der Waals surface area (Å²) in [7, 11) is 0. The van der Waals surface area contributed by atoms with Crippen LogP contribution in [0.1, 0.15) is 21.9 Å². The lowest BCUT2D eigenvalue weighted by atomic mass is 10.1. The normalized spacial score (nSPS) is 11.2. The zero-order valence-electron chi connectivity index (χ0n) is 16.6. The monoisotopic (exact) mass is 449 g/mol. The van der Waals surface area contributed by atoms with Crippen LogP contribution in [0.4, 0.5) is 5.69 Å². The van der Waals surface area contributed by atoms with Crippen molar-refractivity contribution < 1.29 is 9.21 Å². The zero-order valence-corrected chi connectivity index (χ0v) is 18.2. The molecule has 0 saturated carbocycles. The van der Waals surface area contributed by atoms with Gasteiger partial charge < -0.3 is 9.73 Å². The van der Waals surface area contributed by atoms with Crippen molar-refractivity contribution in [2.45, 2.75) is 13.8 Å². The van der Waals surface area contributed by atoms with Crippen molar-refractivity contribution in [1.29, 1.82) is 0 Å². The van der Waals surface area contributed by atoms with Crippen molar-refractivity contribution in [1.82, 2.24) is 19.8 Å². The topological polar surface area (TPSA) is 85.3 Å². The smallest absolute Gasteiger partial charge is 0.291 e. The molecule has 0 unspecified atom stereocenters. The lowest BCUT2D eigenvalue weighted by Gasteiger charge is -2.08. The van der Waals surface area contributed by atoms with E-state index in [1.165, 1.54) is 11.3 Å². The van der Waals surface area contributed by atoms with E-state index in [1.807, 2.05) is 44.2 Å². The molecular formula is C22H16ClN5O2S. The molecule has 5 rings (SSSR count). The number of nitrogens with one attached hydrogen (secondary N) is 1. The fourth-order valence-electron chi connectivity index (χ4n) is 3.21. The first-order valence-electron chi connectivity index (χ1n) is 9.45. The van der Waals surface area contributed by atoms with E-state index < -0.39 is 0 Å². The molecule has 0 atom stereocenters. The van der Waals surface area contributed by atoms with Crippen molar-refractivity contribution >= 4 is 39.5 Å². The number of anilines is 1. The SMILES string of the molecule is Cc1cc(-c2nn3c(C)nnc3s2)ccc1NC(=O)c1ccc(-c2cccc(Cl)c2)o1. The number of aryl methyl sites for hydroxylation is 2. The predicted octanol–water partition coefficient (Wildman–Crippen LogP) is 5.64. The summed E-state index contributed by atoms with van der Waals surface area (Å²) in [5, 5.41) is 17.0. The molecule has 0 aliphatic heterocycles. The minimum Gasteiger partial charge on any atom is -0.451 e. The second kappa shape index (κ2) is 7.64. The number of carbonyl (C=O) groups excluding carboxylic acids is 1. The van der Waals surface area contributed by atoms with Gasteiger partial charge in [-0.25, -0.2) is 0 Å². The number of rotatable bonds is 4. The van der Waals surface area contributed by atoms with Gasteiger partial charge in [-0.15, -0.1) is 10.2 Å². The molecule has 5 aromatic rings. The number of aromatic nitrogens is 4. The third kappa shape index (κ3) is 3.71. The van der Waals surface area contributed by atoms with Gasteiger partial charge in [-0.05, 0) is 61.9 Å². The van der Waals surface area contributed by atoms with E-state index in [0.717, 1.165) is 32.5 Å². The molecule has 0 aliphatic rings. The Balaban J connectivity index is 1.36. The molecule has 3 aromatic heterocycles. The van der Waals surface area contributed by atoms with Gasteiger partial charge in [-0.2, -0.15) is 9.61 Å². The third-order valence-corrected chi connectivity index (χ3v) is 5.99. The highest BCUT2D eigenvalue weighted by Gasteiger charge is 2.15. The number of carbonyl (C=O) groups is 1. The highest BCUT2D eigenvalue weighted by atomic mass is 35.5. The second-order valence-electron chi connectivity index (χ2n) is 7.01. The van der Waals surface area contributed by atoms with E-state index in [-0.39, 0.29) is 11.7 Å². The van der Waals surface area contributed by atoms with E-state index in [1.54, 1.807) is 28.8 Å². The van der Waals surface area contributed by atoms with Crippen LogP contribution in [-0.2, 0) is 0 Å². The average molecular weight is 450 g/mol. The first-order valence-corrected chi connectivity index (χ1v) is 10.6. The number of hydrogen-bond acceptors (Lipinski definition) is 6. The molecule has 0 radical (unpaired) electrons. The Bertz CT molecular complexity index is 1430.